The molecule has 25 heavy (non-hydrogen) atoms. The molecule has 1 amide bonds. The molecular weight excluding hydrogens is 342 g/mol. The number of nitrogen functional groups attached to an aromatic ring is 1. The predicted molar refractivity (Wildman–Crippen MR) is 98.7 cm³/mol. The molecule has 0 aromatic heterocycles. The highest BCUT2D eigenvalue weighted by Crippen LogP contribution is 2.29. The zero-order valence-corrected chi connectivity index (χ0v) is 15.3. The molecule has 2 rings (SSSR count). The topological polar surface area (TPSA) is 98.7 Å². The number of carbonyl (C=O) groups excluding carboxylic acids is 2. The number of nitrogens with two attached hydrogens (primary N) is 2. The van der Waals surface area contributed by atoms with Crippen molar-refractivity contribution in [2.75, 3.05) is 32.5 Å². The smallest absolute Gasteiger partial charge is 0.220 e. The number of rotatable bonds is 8. The van der Waals surface area contributed by atoms with Gasteiger partial charge in [0, 0.05) is 30.4 Å². The number of hydrogen-bond donors (Lipinski definition) is 2. The number of methoxy groups -OCH3 is 1. The van der Waals surface area contributed by atoms with Crippen LogP contribution in [-0.2, 0) is 16.0 Å². The van der Waals surface area contributed by atoms with E-state index in [4.69, 9.17) is 27.8 Å². The lowest BCUT2D eigenvalue weighted by molar-refractivity contribution is -0.123. The van der Waals surface area contributed by atoms with Crippen LogP contribution in [0.15, 0.2) is 12.1 Å². The normalized spacial score (nSPS) is 15.9. The Balaban J connectivity index is 1.76. The summed E-state index contributed by atoms with van der Waals surface area (Å²) in [4.78, 5) is 25.7. The molecule has 1 heterocycles. The third-order valence-corrected chi connectivity index (χ3v) is 5.03. The summed E-state index contributed by atoms with van der Waals surface area (Å²) in [5.41, 5.74) is 12.3. The van der Waals surface area contributed by atoms with E-state index in [2.05, 4.69) is 4.90 Å². The van der Waals surface area contributed by atoms with E-state index < -0.39 is 0 Å². The van der Waals surface area contributed by atoms with Gasteiger partial charge in [-0.25, -0.2) is 0 Å². The summed E-state index contributed by atoms with van der Waals surface area (Å²) in [6.45, 7) is 2.59. The van der Waals surface area contributed by atoms with Crippen molar-refractivity contribution in [3.8, 4) is 5.75 Å². The van der Waals surface area contributed by atoms with E-state index in [1.807, 2.05) is 0 Å². The van der Waals surface area contributed by atoms with Gasteiger partial charge in [0.05, 0.1) is 17.8 Å². The molecule has 6 nitrogen and oxygen atoms in total. The third-order valence-electron chi connectivity index (χ3n) is 4.71. The average molecular weight is 368 g/mol. The van der Waals surface area contributed by atoms with Crippen LogP contribution in [0.3, 0.4) is 0 Å². The molecule has 0 spiro atoms. The van der Waals surface area contributed by atoms with Crippen LogP contribution < -0.4 is 16.2 Å². The molecule has 7 heteroatoms. The van der Waals surface area contributed by atoms with E-state index in [1.165, 1.54) is 0 Å². The Kier molecular flexibility index (Phi) is 7.08. The Morgan fingerprint density at radius 1 is 1.32 bits per heavy atom. The second kappa shape index (κ2) is 9.06. The Hall–Kier alpha value is -1.79. The van der Waals surface area contributed by atoms with E-state index in [9.17, 15) is 9.59 Å². The summed E-state index contributed by atoms with van der Waals surface area (Å²) in [6.07, 6.45) is 3.20. The molecule has 1 aliphatic heterocycles. The number of carbonyl (C=O) groups is 2. The molecule has 0 aliphatic carbocycles. The molecule has 0 unspecified atom stereocenters. The van der Waals surface area contributed by atoms with Gasteiger partial charge in [-0.05, 0) is 45.0 Å². The van der Waals surface area contributed by atoms with Crippen LogP contribution in [0.1, 0.15) is 31.2 Å². The van der Waals surface area contributed by atoms with Gasteiger partial charge in [0.2, 0.25) is 5.91 Å². The Labute approximate surface area is 153 Å². The standard InChI is InChI=1S/C18H26ClN3O3/c1-25-17-11-16(20)15(19)10-13(17)9-14(23)3-2-6-22-7-4-12(5-8-22)18(21)24/h10-12H,2-9,20H2,1H3,(H2,21,24). The summed E-state index contributed by atoms with van der Waals surface area (Å²) in [7, 11) is 1.55. The van der Waals surface area contributed by atoms with Gasteiger partial charge < -0.3 is 21.1 Å². The first-order valence-corrected chi connectivity index (χ1v) is 8.93. The highest BCUT2D eigenvalue weighted by Gasteiger charge is 2.22. The minimum Gasteiger partial charge on any atom is -0.496 e. The lowest BCUT2D eigenvalue weighted by Crippen LogP contribution is -2.39. The Morgan fingerprint density at radius 2 is 2.00 bits per heavy atom. The number of piperidine rings is 1. The number of benzene rings is 1. The number of likely N-dealkylation sites (tertiary alicyclic amines) is 1. The quantitative estimate of drug-likeness (QED) is 0.685. The fourth-order valence-corrected chi connectivity index (χ4v) is 3.37. The number of anilines is 1. The zero-order chi connectivity index (χ0) is 18.4. The second-order valence-electron chi connectivity index (χ2n) is 6.52. The second-order valence-corrected chi connectivity index (χ2v) is 6.93. The fraction of sp³-hybridized carbons (Fsp3) is 0.556. The van der Waals surface area contributed by atoms with Gasteiger partial charge in [0.15, 0.2) is 0 Å². The van der Waals surface area contributed by atoms with Crippen LogP contribution in [0.2, 0.25) is 5.02 Å². The third kappa shape index (κ3) is 5.61. The van der Waals surface area contributed by atoms with Crippen LogP contribution in [-0.4, -0.2) is 43.3 Å². The van der Waals surface area contributed by atoms with Gasteiger partial charge in [-0.1, -0.05) is 11.6 Å². The first-order valence-electron chi connectivity index (χ1n) is 8.56. The maximum absolute atomic E-state index is 12.3. The van der Waals surface area contributed by atoms with Crippen molar-refractivity contribution in [3.05, 3.63) is 22.7 Å². The molecule has 0 saturated carbocycles. The van der Waals surface area contributed by atoms with Crippen molar-refractivity contribution >= 4 is 29.0 Å². The number of primary amides is 1. The largest absolute Gasteiger partial charge is 0.496 e. The molecular formula is C18H26ClN3O3. The zero-order valence-electron chi connectivity index (χ0n) is 14.6. The van der Waals surface area contributed by atoms with Crippen LogP contribution in [0.25, 0.3) is 0 Å². The molecule has 0 bridgehead atoms. The van der Waals surface area contributed by atoms with E-state index >= 15 is 0 Å². The molecule has 1 aromatic carbocycles. The number of ketones is 1. The van der Waals surface area contributed by atoms with Crippen molar-refractivity contribution in [1.82, 2.24) is 4.90 Å². The van der Waals surface area contributed by atoms with Gasteiger partial charge >= 0.3 is 0 Å². The van der Waals surface area contributed by atoms with Crippen LogP contribution >= 0.6 is 11.6 Å². The predicted octanol–water partition coefficient (Wildman–Crippen LogP) is 2.02. The molecule has 0 radical (unpaired) electrons. The number of halogens is 1. The highest BCUT2D eigenvalue weighted by atomic mass is 35.5. The van der Waals surface area contributed by atoms with E-state index in [1.54, 1.807) is 19.2 Å². The van der Waals surface area contributed by atoms with Crippen molar-refractivity contribution in [2.45, 2.75) is 32.1 Å². The average Bonchev–Trinajstić information content (AvgIpc) is 2.58. The summed E-state index contributed by atoms with van der Waals surface area (Å²) in [6, 6.07) is 3.34. The van der Waals surface area contributed by atoms with E-state index in [0.29, 0.717) is 22.9 Å². The van der Waals surface area contributed by atoms with Crippen LogP contribution in [0.4, 0.5) is 5.69 Å². The maximum Gasteiger partial charge on any atom is 0.220 e. The molecule has 1 aromatic rings. The van der Waals surface area contributed by atoms with Gasteiger partial charge in [0.1, 0.15) is 11.5 Å². The van der Waals surface area contributed by atoms with E-state index in [-0.39, 0.29) is 24.0 Å². The summed E-state index contributed by atoms with van der Waals surface area (Å²) >= 11 is 6.03. The number of ether oxygens (including phenoxy) is 1. The minimum absolute atomic E-state index is 0.000567. The molecule has 1 fully saturated rings. The van der Waals surface area contributed by atoms with Crippen LogP contribution in [0.5, 0.6) is 5.75 Å². The molecule has 1 aliphatic rings. The highest BCUT2D eigenvalue weighted by molar-refractivity contribution is 6.33. The van der Waals surface area contributed by atoms with Crippen molar-refractivity contribution in [3.63, 3.8) is 0 Å². The molecule has 1 saturated heterocycles. The summed E-state index contributed by atoms with van der Waals surface area (Å²) < 4.78 is 5.27. The van der Waals surface area contributed by atoms with Gasteiger partial charge in [0.25, 0.3) is 0 Å². The first-order chi connectivity index (χ1) is 11.9. The van der Waals surface area contributed by atoms with Gasteiger partial charge in [-0.3, -0.25) is 9.59 Å². The molecule has 138 valence electrons. The number of nitrogens with zero attached hydrogens (tertiary/aromatic N) is 1. The van der Waals surface area contributed by atoms with Crippen molar-refractivity contribution in [2.24, 2.45) is 11.7 Å². The first kappa shape index (κ1) is 19.5. The summed E-state index contributed by atoms with van der Waals surface area (Å²) in [5.74, 6) is 0.529. The molecule has 4 N–H and O–H groups in total. The number of amides is 1. The molecule has 0 atom stereocenters. The summed E-state index contributed by atoms with van der Waals surface area (Å²) in [5, 5.41) is 0.431. The lowest BCUT2D eigenvalue weighted by atomic mass is 9.96. The van der Waals surface area contributed by atoms with E-state index in [0.717, 1.165) is 44.5 Å². The number of Topliss-reactive ketones (excluding diaryl/α,β-unsaturated/α-hetero) is 1. The van der Waals surface area contributed by atoms with Crippen molar-refractivity contribution < 1.29 is 14.3 Å². The monoisotopic (exact) mass is 367 g/mol. The Morgan fingerprint density at radius 3 is 2.60 bits per heavy atom. The number of hydrogen-bond acceptors (Lipinski definition) is 5. The van der Waals surface area contributed by atoms with Crippen LogP contribution in [0, 0.1) is 5.92 Å². The maximum atomic E-state index is 12.3. The Bertz CT molecular complexity index is 628. The lowest BCUT2D eigenvalue weighted by Gasteiger charge is -2.30. The van der Waals surface area contributed by atoms with Gasteiger partial charge in [-0.15, -0.1) is 0 Å². The minimum atomic E-state index is -0.203. The fourth-order valence-electron chi connectivity index (χ4n) is 3.18. The van der Waals surface area contributed by atoms with Crippen molar-refractivity contribution in [1.29, 1.82) is 0 Å². The SMILES string of the molecule is COc1cc(N)c(Cl)cc1CC(=O)CCCN1CCC(C(N)=O)CC1. The van der Waals surface area contributed by atoms with Gasteiger partial charge in [-0.2, -0.15) is 0 Å².